The zero-order chi connectivity index (χ0) is 23.3. The molecule has 1 spiro atoms. The summed E-state index contributed by atoms with van der Waals surface area (Å²) in [5.41, 5.74) is 2.29. The van der Waals surface area contributed by atoms with Crippen LogP contribution in [0, 0.1) is 6.92 Å². The van der Waals surface area contributed by atoms with Crippen LogP contribution in [0.15, 0.2) is 52.4 Å². The van der Waals surface area contributed by atoms with Crippen molar-refractivity contribution >= 4 is 33.2 Å². The van der Waals surface area contributed by atoms with E-state index in [2.05, 4.69) is 26.1 Å². The van der Waals surface area contributed by atoms with Gasteiger partial charge in [-0.15, -0.1) is 0 Å². The lowest BCUT2D eigenvalue weighted by atomic mass is 9.86. The maximum Gasteiger partial charge on any atom is 0.272 e. The SMILES string of the molecule is Cc1ccc(Cl)cc1S(=O)(=O)N1CCC2(CC1)N=C(c1ccc(C(C)(C)C)cc1)C(=O)N2. The van der Waals surface area contributed by atoms with Crippen molar-refractivity contribution < 1.29 is 13.2 Å². The molecule has 0 aliphatic carbocycles. The molecule has 0 unspecified atom stereocenters. The molecule has 2 aliphatic heterocycles. The second kappa shape index (κ2) is 7.97. The Morgan fingerprint density at radius 2 is 1.69 bits per heavy atom. The number of benzene rings is 2. The number of halogens is 1. The molecule has 2 aromatic carbocycles. The number of nitrogens with zero attached hydrogens (tertiary/aromatic N) is 2. The Balaban J connectivity index is 1.54. The van der Waals surface area contributed by atoms with Gasteiger partial charge in [0, 0.05) is 36.5 Å². The number of carbonyl (C=O) groups excluding carboxylic acids is 1. The summed E-state index contributed by atoms with van der Waals surface area (Å²) in [6, 6.07) is 12.8. The highest BCUT2D eigenvalue weighted by atomic mass is 35.5. The lowest BCUT2D eigenvalue weighted by Crippen LogP contribution is -2.52. The lowest BCUT2D eigenvalue weighted by molar-refractivity contribution is -0.115. The van der Waals surface area contributed by atoms with Crippen molar-refractivity contribution in [3.63, 3.8) is 0 Å². The minimum atomic E-state index is -3.67. The van der Waals surface area contributed by atoms with Gasteiger partial charge in [-0.05, 0) is 35.6 Å². The fourth-order valence-electron chi connectivity index (χ4n) is 4.21. The van der Waals surface area contributed by atoms with E-state index in [4.69, 9.17) is 16.6 Å². The van der Waals surface area contributed by atoms with Crippen LogP contribution in [0.1, 0.15) is 50.3 Å². The number of piperidine rings is 1. The summed E-state index contributed by atoms with van der Waals surface area (Å²) in [6.45, 7) is 8.73. The highest BCUT2D eigenvalue weighted by Gasteiger charge is 2.44. The molecule has 1 N–H and O–H groups in total. The van der Waals surface area contributed by atoms with Gasteiger partial charge < -0.3 is 5.32 Å². The van der Waals surface area contributed by atoms with E-state index in [9.17, 15) is 13.2 Å². The third-order valence-electron chi connectivity index (χ3n) is 6.23. The van der Waals surface area contributed by atoms with Crippen LogP contribution in [0.4, 0.5) is 0 Å². The van der Waals surface area contributed by atoms with Crippen LogP contribution in [0.2, 0.25) is 5.02 Å². The summed E-state index contributed by atoms with van der Waals surface area (Å²) in [6.07, 6.45) is 0.836. The highest BCUT2D eigenvalue weighted by molar-refractivity contribution is 7.89. The molecule has 1 amide bonds. The predicted molar refractivity (Wildman–Crippen MR) is 127 cm³/mol. The van der Waals surface area contributed by atoms with E-state index in [1.165, 1.54) is 15.9 Å². The molecule has 6 nitrogen and oxygen atoms in total. The molecule has 170 valence electrons. The first-order valence-corrected chi connectivity index (χ1v) is 12.5. The van der Waals surface area contributed by atoms with Crippen LogP contribution in [0.25, 0.3) is 0 Å². The van der Waals surface area contributed by atoms with Crippen molar-refractivity contribution in [1.29, 1.82) is 0 Å². The molecule has 0 radical (unpaired) electrons. The van der Waals surface area contributed by atoms with E-state index in [-0.39, 0.29) is 29.3 Å². The second-order valence-corrected chi connectivity index (χ2v) is 11.9. The Morgan fingerprint density at radius 1 is 1.06 bits per heavy atom. The number of hydrogen-bond acceptors (Lipinski definition) is 4. The minimum Gasteiger partial charge on any atom is -0.326 e. The van der Waals surface area contributed by atoms with Crippen LogP contribution in [0.3, 0.4) is 0 Å². The molecule has 1 saturated heterocycles. The number of sulfonamides is 1. The molecule has 8 heteroatoms. The normalized spacial score (nSPS) is 19.2. The minimum absolute atomic E-state index is 0.0269. The number of nitrogens with one attached hydrogen (secondary N) is 1. The average molecular weight is 474 g/mol. The first-order chi connectivity index (χ1) is 14.9. The van der Waals surface area contributed by atoms with Crippen LogP contribution in [-0.4, -0.2) is 43.1 Å². The van der Waals surface area contributed by atoms with E-state index in [0.717, 1.165) is 5.56 Å². The third-order valence-corrected chi connectivity index (χ3v) is 8.50. The average Bonchev–Trinajstić information content (AvgIpc) is 3.05. The summed E-state index contributed by atoms with van der Waals surface area (Å²) < 4.78 is 27.8. The van der Waals surface area contributed by atoms with Gasteiger partial charge in [-0.1, -0.05) is 62.7 Å². The van der Waals surface area contributed by atoms with Gasteiger partial charge in [0.1, 0.15) is 11.4 Å². The van der Waals surface area contributed by atoms with Crippen molar-refractivity contribution in [2.45, 2.75) is 56.5 Å². The summed E-state index contributed by atoms with van der Waals surface area (Å²) in [4.78, 5) is 17.7. The number of rotatable bonds is 3. The van der Waals surface area contributed by atoms with Crippen molar-refractivity contribution in [3.05, 3.63) is 64.2 Å². The first-order valence-electron chi connectivity index (χ1n) is 10.7. The van der Waals surface area contributed by atoms with E-state index in [1.54, 1.807) is 19.1 Å². The lowest BCUT2D eigenvalue weighted by Gasteiger charge is -2.36. The Kier molecular flexibility index (Phi) is 5.72. The zero-order valence-electron chi connectivity index (χ0n) is 18.8. The maximum atomic E-state index is 13.2. The van der Waals surface area contributed by atoms with E-state index >= 15 is 0 Å². The Bertz CT molecular complexity index is 1190. The van der Waals surface area contributed by atoms with Crippen molar-refractivity contribution in [2.75, 3.05) is 13.1 Å². The molecule has 2 heterocycles. The number of hydrogen-bond donors (Lipinski definition) is 1. The number of aliphatic imine (C=N–C) groups is 1. The fourth-order valence-corrected chi connectivity index (χ4v) is 6.14. The first kappa shape index (κ1) is 23.0. The molecule has 0 saturated carbocycles. The maximum absolute atomic E-state index is 13.2. The molecule has 4 rings (SSSR count). The molecular formula is C24H28ClN3O3S. The Morgan fingerprint density at radius 3 is 2.28 bits per heavy atom. The van der Waals surface area contributed by atoms with E-state index < -0.39 is 15.7 Å². The van der Waals surface area contributed by atoms with Gasteiger partial charge in [0.15, 0.2) is 0 Å². The zero-order valence-corrected chi connectivity index (χ0v) is 20.3. The van der Waals surface area contributed by atoms with Gasteiger partial charge in [0.2, 0.25) is 10.0 Å². The molecular weight excluding hydrogens is 446 g/mol. The topological polar surface area (TPSA) is 78.8 Å². The van der Waals surface area contributed by atoms with Gasteiger partial charge in [0.05, 0.1) is 4.90 Å². The molecule has 2 aromatic rings. The quantitative estimate of drug-likeness (QED) is 0.730. The summed E-state index contributed by atoms with van der Waals surface area (Å²) in [5, 5.41) is 3.40. The van der Waals surface area contributed by atoms with E-state index in [1.807, 2.05) is 24.3 Å². The Hall–Kier alpha value is -2.22. The largest absolute Gasteiger partial charge is 0.326 e. The summed E-state index contributed by atoms with van der Waals surface area (Å²) in [5.74, 6) is -0.212. The fraction of sp³-hybridized carbons (Fsp3) is 0.417. The van der Waals surface area contributed by atoms with Crippen molar-refractivity contribution in [2.24, 2.45) is 4.99 Å². The molecule has 0 aromatic heterocycles. The second-order valence-electron chi connectivity index (χ2n) is 9.59. The van der Waals surface area contributed by atoms with Crippen LogP contribution >= 0.6 is 11.6 Å². The summed E-state index contributed by atoms with van der Waals surface area (Å²) in [7, 11) is -3.67. The number of carbonyl (C=O) groups is 1. The molecule has 0 atom stereocenters. The monoisotopic (exact) mass is 473 g/mol. The highest BCUT2D eigenvalue weighted by Crippen LogP contribution is 2.33. The van der Waals surface area contributed by atoms with Crippen molar-refractivity contribution in [1.82, 2.24) is 9.62 Å². The number of aryl methyl sites for hydroxylation is 1. The molecule has 32 heavy (non-hydrogen) atoms. The van der Waals surface area contributed by atoms with Gasteiger partial charge >= 0.3 is 0 Å². The van der Waals surface area contributed by atoms with Gasteiger partial charge in [-0.2, -0.15) is 4.31 Å². The van der Waals surface area contributed by atoms with E-state index in [0.29, 0.717) is 29.1 Å². The Labute approximate surface area is 194 Å². The third kappa shape index (κ3) is 4.21. The smallest absolute Gasteiger partial charge is 0.272 e. The molecule has 2 aliphatic rings. The molecule has 1 fully saturated rings. The van der Waals surface area contributed by atoms with Gasteiger partial charge in [-0.3, -0.25) is 9.79 Å². The standard InChI is InChI=1S/C24H28ClN3O3S/c1-16-5-10-19(25)15-20(16)32(30,31)28-13-11-24(12-14-28)26-21(22(29)27-24)17-6-8-18(9-7-17)23(2,3)4/h5-10,15H,11-14H2,1-4H3,(H,27,29). The van der Waals surface area contributed by atoms with Crippen LogP contribution in [-0.2, 0) is 20.2 Å². The van der Waals surface area contributed by atoms with Gasteiger partial charge in [-0.25, -0.2) is 8.42 Å². The predicted octanol–water partition coefficient (Wildman–Crippen LogP) is 4.05. The molecule has 0 bridgehead atoms. The van der Waals surface area contributed by atoms with Crippen LogP contribution < -0.4 is 5.32 Å². The summed E-state index contributed by atoms with van der Waals surface area (Å²) >= 11 is 6.04. The van der Waals surface area contributed by atoms with Crippen molar-refractivity contribution in [3.8, 4) is 0 Å². The number of amides is 1. The van der Waals surface area contributed by atoms with Crippen LogP contribution in [0.5, 0.6) is 0 Å². The van der Waals surface area contributed by atoms with Gasteiger partial charge in [0.25, 0.3) is 5.91 Å².